The van der Waals surface area contributed by atoms with Crippen LogP contribution in [0.3, 0.4) is 0 Å². The lowest BCUT2D eigenvalue weighted by molar-refractivity contribution is 0.0393. The molecule has 0 aromatic carbocycles. The molecule has 2 aliphatic rings. The fourth-order valence-corrected chi connectivity index (χ4v) is 3.66. The van der Waals surface area contributed by atoms with Crippen LogP contribution in [0.2, 0.25) is 0 Å². The van der Waals surface area contributed by atoms with Gasteiger partial charge in [-0.2, -0.15) is 11.8 Å². The van der Waals surface area contributed by atoms with Crippen molar-refractivity contribution < 1.29 is 4.74 Å². The second-order valence-corrected chi connectivity index (χ2v) is 5.96. The van der Waals surface area contributed by atoms with Crippen molar-refractivity contribution in [1.82, 2.24) is 0 Å². The zero-order valence-corrected chi connectivity index (χ0v) is 10.3. The third kappa shape index (κ3) is 3.36. The molecule has 2 rings (SSSR count). The van der Waals surface area contributed by atoms with Crippen LogP contribution in [0.4, 0.5) is 0 Å². The van der Waals surface area contributed by atoms with Gasteiger partial charge in [-0.3, -0.25) is 0 Å². The van der Waals surface area contributed by atoms with Gasteiger partial charge in [0.1, 0.15) is 0 Å². The van der Waals surface area contributed by atoms with Gasteiger partial charge in [-0.25, -0.2) is 0 Å². The summed E-state index contributed by atoms with van der Waals surface area (Å²) in [7, 11) is 0. The molecule has 2 N–H and O–H groups in total. The number of thioether (sulfide) groups is 1. The minimum absolute atomic E-state index is 0.288. The van der Waals surface area contributed by atoms with Crippen molar-refractivity contribution in [3.63, 3.8) is 0 Å². The predicted octanol–water partition coefficient (Wildman–Crippen LogP) is 2.42. The van der Waals surface area contributed by atoms with E-state index in [2.05, 4.69) is 0 Å². The summed E-state index contributed by atoms with van der Waals surface area (Å²) in [5.74, 6) is 2.97. The van der Waals surface area contributed by atoms with Crippen molar-refractivity contribution in [1.29, 1.82) is 0 Å². The fourth-order valence-electron chi connectivity index (χ4n) is 2.73. The van der Waals surface area contributed by atoms with Gasteiger partial charge in [0, 0.05) is 17.5 Å². The summed E-state index contributed by atoms with van der Waals surface area (Å²) in [4.78, 5) is 0. The Bertz CT molecular complexity index is 174. The molecule has 0 amide bonds. The van der Waals surface area contributed by atoms with Gasteiger partial charge in [0.15, 0.2) is 0 Å². The van der Waals surface area contributed by atoms with Crippen molar-refractivity contribution in [3.8, 4) is 0 Å². The molecule has 1 heterocycles. The maximum absolute atomic E-state index is 6.35. The second-order valence-electron chi connectivity index (χ2n) is 4.81. The molecule has 1 saturated carbocycles. The van der Waals surface area contributed by atoms with Crippen LogP contribution in [-0.2, 0) is 4.74 Å². The second kappa shape index (κ2) is 6.12. The molecule has 0 radical (unpaired) electrons. The third-order valence-corrected chi connectivity index (χ3v) is 4.73. The molecule has 3 heteroatoms. The molecule has 0 spiro atoms. The van der Waals surface area contributed by atoms with Crippen LogP contribution in [-0.4, -0.2) is 30.3 Å². The minimum Gasteiger partial charge on any atom is -0.375 e. The monoisotopic (exact) mass is 229 g/mol. The molecule has 15 heavy (non-hydrogen) atoms. The molecule has 2 fully saturated rings. The average molecular weight is 229 g/mol. The van der Waals surface area contributed by atoms with Crippen LogP contribution < -0.4 is 5.73 Å². The zero-order valence-electron chi connectivity index (χ0n) is 9.49. The van der Waals surface area contributed by atoms with Crippen LogP contribution in [0.25, 0.3) is 0 Å². The van der Waals surface area contributed by atoms with Gasteiger partial charge in [-0.05, 0) is 18.8 Å². The SMILES string of the molecule is NC(C1CCCCCC1)C1CSCCO1. The Balaban J connectivity index is 1.83. The Hall–Kier alpha value is 0.270. The lowest BCUT2D eigenvalue weighted by Crippen LogP contribution is -2.46. The normalized spacial score (nSPS) is 32.2. The highest BCUT2D eigenvalue weighted by Gasteiger charge is 2.28. The van der Waals surface area contributed by atoms with Gasteiger partial charge in [0.2, 0.25) is 0 Å². The number of nitrogens with two attached hydrogens (primary N) is 1. The largest absolute Gasteiger partial charge is 0.375 e. The van der Waals surface area contributed by atoms with E-state index >= 15 is 0 Å². The Labute approximate surface area is 97.3 Å². The van der Waals surface area contributed by atoms with Crippen LogP contribution >= 0.6 is 11.8 Å². The summed E-state index contributed by atoms with van der Waals surface area (Å²) >= 11 is 2.00. The molecular weight excluding hydrogens is 206 g/mol. The topological polar surface area (TPSA) is 35.2 Å². The summed E-state index contributed by atoms with van der Waals surface area (Å²) in [5, 5.41) is 0. The van der Waals surface area contributed by atoms with Crippen LogP contribution in [0, 0.1) is 5.92 Å². The van der Waals surface area contributed by atoms with Gasteiger partial charge >= 0.3 is 0 Å². The maximum Gasteiger partial charge on any atom is 0.0819 e. The molecule has 0 aromatic rings. The summed E-state index contributed by atoms with van der Waals surface area (Å²) in [6.07, 6.45) is 8.53. The Morgan fingerprint density at radius 1 is 1.13 bits per heavy atom. The number of hydrogen-bond donors (Lipinski definition) is 1. The van der Waals surface area contributed by atoms with Gasteiger partial charge in [0.25, 0.3) is 0 Å². The molecule has 2 unspecified atom stereocenters. The maximum atomic E-state index is 6.35. The van der Waals surface area contributed by atoms with E-state index in [-0.39, 0.29) is 6.04 Å². The highest BCUT2D eigenvalue weighted by molar-refractivity contribution is 7.99. The average Bonchev–Trinajstić information content (AvgIpc) is 2.58. The van der Waals surface area contributed by atoms with Crippen molar-refractivity contribution in [2.75, 3.05) is 18.1 Å². The first-order valence-electron chi connectivity index (χ1n) is 6.33. The Morgan fingerprint density at radius 3 is 2.47 bits per heavy atom. The first kappa shape index (κ1) is 11.7. The molecule has 2 atom stereocenters. The van der Waals surface area contributed by atoms with E-state index in [4.69, 9.17) is 10.5 Å². The summed E-state index contributed by atoms with van der Waals surface area (Å²) < 4.78 is 5.79. The number of rotatable bonds is 2. The quantitative estimate of drug-likeness (QED) is 0.739. The lowest BCUT2D eigenvalue weighted by atomic mass is 9.89. The first-order valence-corrected chi connectivity index (χ1v) is 7.48. The van der Waals surface area contributed by atoms with Gasteiger partial charge in [0.05, 0.1) is 12.7 Å². The van der Waals surface area contributed by atoms with Crippen molar-refractivity contribution in [2.24, 2.45) is 11.7 Å². The van der Waals surface area contributed by atoms with Crippen LogP contribution in [0.15, 0.2) is 0 Å². The first-order chi connectivity index (χ1) is 7.38. The van der Waals surface area contributed by atoms with Crippen molar-refractivity contribution in [2.45, 2.75) is 50.7 Å². The van der Waals surface area contributed by atoms with E-state index in [0.717, 1.165) is 24.0 Å². The van der Waals surface area contributed by atoms with Crippen molar-refractivity contribution in [3.05, 3.63) is 0 Å². The third-order valence-electron chi connectivity index (χ3n) is 3.72. The minimum atomic E-state index is 0.288. The Kier molecular flexibility index (Phi) is 4.79. The van der Waals surface area contributed by atoms with Gasteiger partial charge < -0.3 is 10.5 Å². The summed E-state index contributed by atoms with van der Waals surface area (Å²) in [6.45, 7) is 0.899. The number of hydrogen-bond acceptors (Lipinski definition) is 3. The smallest absolute Gasteiger partial charge is 0.0819 e. The molecule has 1 aliphatic heterocycles. The van der Waals surface area contributed by atoms with E-state index < -0.39 is 0 Å². The molecule has 0 aromatic heterocycles. The van der Waals surface area contributed by atoms with E-state index in [1.54, 1.807) is 0 Å². The van der Waals surface area contributed by atoms with Gasteiger partial charge in [-0.15, -0.1) is 0 Å². The molecular formula is C12H23NOS. The fraction of sp³-hybridized carbons (Fsp3) is 1.00. The van der Waals surface area contributed by atoms with E-state index in [0.29, 0.717) is 6.10 Å². The van der Waals surface area contributed by atoms with Crippen LogP contribution in [0.1, 0.15) is 38.5 Å². The molecule has 88 valence electrons. The standard InChI is InChI=1S/C12H23NOS/c13-12(11-9-15-8-7-14-11)10-5-3-1-2-4-6-10/h10-12H,1-9,13H2. The molecule has 1 saturated heterocycles. The summed E-state index contributed by atoms with van der Waals surface area (Å²) in [5.41, 5.74) is 6.35. The van der Waals surface area contributed by atoms with E-state index in [1.165, 1.54) is 38.5 Å². The summed E-state index contributed by atoms with van der Waals surface area (Å²) in [6, 6.07) is 0.288. The highest BCUT2D eigenvalue weighted by atomic mass is 32.2. The van der Waals surface area contributed by atoms with Crippen LogP contribution in [0.5, 0.6) is 0 Å². The molecule has 1 aliphatic carbocycles. The Morgan fingerprint density at radius 2 is 1.87 bits per heavy atom. The highest BCUT2D eigenvalue weighted by Crippen LogP contribution is 2.28. The molecule has 2 nitrogen and oxygen atoms in total. The van der Waals surface area contributed by atoms with Crippen molar-refractivity contribution >= 4 is 11.8 Å². The lowest BCUT2D eigenvalue weighted by Gasteiger charge is -2.32. The van der Waals surface area contributed by atoms with Gasteiger partial charge in [-0.1, -0.05) is 25.7 Å². The van der Waals surface area contributed by atoms with E-state index in [9.17, 15) is 0 Å². The molecule has 0 bridgehead atoms. The zero-order chi connectivity index (χ0) is 10.5. The van der Waals surface area contributed by atoms with E-state index in [1.807, 2.05) is 11.8 Å². The predicted molar refractivity (Wildman–Crippen MR) is 66.2 cm³/mol. The number of ether oxygens (including phenoxy) is 1.